The average molecular weight is 410 g/mol. The minimum absolute atomic E-state index is 0.0714. The Morgan fingerprint density at radius 3 is 2.67 bits per heavy atom. The molecule has 1 aliphatic heterocycles. The number of hydrogen-bond donors (Lipinski definition) is 3. The molecule has 2 aromatic carbocycles. The van der Waals surface area contributed by atoms with Gasteiger partial charge in [-0.25, -0.2) is 0 Å². The zero-order chi connectivity index (χ0) is 21.3. The van der Waals surface area contributed by atoms with Crippen LogP contribution in [0.5, 0.6) is 5.75 Å². The van der Waals surface area contributed by atoms with Crippen molar-refractivity contribution in [2.75, 3.05) is 34.0 Å². The van der Waals surface area contributed by atoms with Gasteiger partial charge in [0.2, 0.25) is 0 Å². The van der Waals surface area contributed by atoms with Gasteiger partial charge in [-0.2, -0.15) is 0 Å². The minimum atomic E-state index is -0.839. The van der Waals surface area contributed by atoms with E-state index in [4.69, 9.17) is 9.47 Å². The van der Waals surface area contributed by atoms with E-state index < -0.39 is 5.41 Å². The molecule has 2 aliphatic rings. The molecule has 0 bridgehead atoms. The maximum Gasteiger partial charge on any atom is 0.254 e. The Morgan fingerprint density at radius 1 is 1.23 bits per heavy atom. The predicted octanol–water partition coefficient (Wildman–Crippen LogP) is 1.48. The van der Waals surface area contributed by atoms with Crippen molar-refractivity contribution in [1.82, 2.24) is 10.6 Å². The summed E-state index contributed by atoms with van der Waals surface area (Å²) in [6.45, 7) is 0.589. The van der Waals surface area contributed by atoms with Crippen LogP contribution in [0.1, 0.15) is 38.3 Å². The molecule has 3 N–H and O–H groups in total. The third kappa shape index (κ3) is 3.44. The molecule has 0 saturated heterocycles. The lowest BCUT2D eigenvalue weighted by molar-refractivity contribution is 0.0945. The van der Waals surface area contributed by atoms with Gasteiger partial charge in [0.25, 0.3) is 11.8 Å². The largest absolute Gasteiger partial charge is 0.491 e. The summed E-state index contributed by atoms with van der Waals surface area (Å²) in [6.07, 6.45) is 0.876. The summed E-state index contributed by atoms with van der Waals surface area (Å²) in [6, 6.07) is 12.9. The van der Waals surface area contributed by atoms with E-state index in [-0.39, 0.29) is 36.6 Å². The Bertz CT molecular complexity index is 962. The number of methoxy groups -OCH3 is 1. The second-order valence-corrected chi connectivity index (χ2v) is 7.91. The van der Waals surface area contributed by atoms with Crippen molar-refractivity contribution in [3.8, 4) is 5.75 Å². The van der Waals surface area contributed by atoms with E-state index >= 15 is 0 Å². The Kier molecular flexibility index (Phi) is 5.49. The fourth-order valence-corrected chi connectivity index (χ4v) is 4.14. The second-order valence-electron chi connectivity index (χ2n) is 7.91. The highest BCUT2D eigenvalue weighted by Gasteiger charge is 2.45. The molecule has 1 aliphatic carbocycles. The first-order valence-electron chi connectivity index (χ1n) is 10.0. The first-order chi connectivity index (χ1) is 14.5. The quantitative estimate of drug-likeness (QED) is 0.643. The van der Waals surface area contributed by atoms with Gasteiger partial charge in [0, 0.05) is 37.2 Å². The fourth-order valence-electron chi connectivity index (χ4n) is 4.14. The summed E-state index contributed by atoms with van der Waals surface area (Å²) >= 11 is 0. The van der Waals surface area contributed by atoms with Crippen molar-refractivity contribution in [2.24, 2.45) is 5.92 Å². The number of benzene rings is 2. The summed E-state index contributed by atoms with van der Waals surface area (Å²) in [4.78, 5) is 25.5. The summed E-state index contributed by atoms with van der Waals surface area (Å²) in [7, 11) is 3.18. The SMILES string of the molecule is CNC(=O)c1cc(C(=O)N[C@H]2C[C@@H]2COC)cc2c1OC[C@]2(CO)c1ccccc1. The lowest BCUT2D eigenvalue weighted by Gasteiger charge is -2.26. The number of aliphatic hydroxyl groups excluding tert-OH is 1. The second kappa shape index (κ2) is 8.08. The van der Waals surface area contributed by atoms with Crippen LogP contribution in [0.25, 0.3) is 0 Å². The van der Waals surface area contributed by atoms with Gasteiger partial charge in [-0.05, 0) is 24.1 Å². The molecular weight excluding hydrogens is 384 g/mol. The Hall–Kier alpha value is -2.90. The highest BCUT2D eigenvalue weighted by Crippen LogP contribution is 2.45. The molecule has 0 aromatic heterocycles. The number of fused-ring (bicyclic) bond motifs is 1. The Balaban J connectivity index is 1.75. The van der Waals surface area contributed by atoms with Gasteiger partial charge in [-0.3, -0.25) is 9.59 Å². The molecule has 0 radical (unpaired) electrons. The van der Waals surface area contributed by atoms with Crippen molar-refractivity contribution in [2.45, 2.75) is 17.9 Å². The number of rotatable bonds is 7. The summed E-state index contributed by atoms with van der Waals surface area (Å²) in [5, 5.41) is 16.0. The fraction of sp³-hybridized carbons (Fsp3) is 0.391. The van der Waals surface area contributed by atoms with Crippen LogP contribution in [-0.2, 0) is 10.2 Å². The molecule has 7 nitrogen and oxygen atoms in total. The third-order valence-electron chi connectivity index (χ3n) is 6.02. The summed E-state index contributed by atoms with van der Waals surface area (Å²) < 4.78 is 11.1. The number of carbonyl (C=O) groups excluding carboxylic acids is 2. The zero-order valence-corrected chi connectivity index (χ0v) is 17.1. The molecule has 2 aromatic rings. The van der Waals surface area contributed by atoms with Crippen LogP contribution in [0.15, 0.2) is 42.5 Å². The molecule has 1 saturated carbocycles. The lowest BCUT2D eigenvalue weighted by Crippen LogP contribution is -2.34. The maximum absolute atomic E-state index is 13.0. The van der Waals surface area contributed by atoms with Gasteiger partial charge in [-0.1, -0.05) is 30.3 Å². The molecule has 0 spiro atoms. The van der Waals surface area contributed by atoms with Gasteiger partial charge in [-0.15, -0.1) is 0 Å². The third-order valence-corrected chi connectivity index (χ3v) is 6.02. The van der Waals surface area contributed by atoms with Crippen LogP contribution in [0, 0.1) is 5.92 Å². The van der Waals surface area contributed by atoms with Crippen LogP contribution < -0.4 is 15.4 Å². The number of ether oxygens (including phenoxy) is 2. The van der Waals surface area contributed by atoms with E-state index in [0.717, 1.165) is 12.0 Å². The molecule has 158 valence electrons. The van der Waals surface area contributed by atoms with E-state index in [9.17, 15) is 14.7 Å². The standard InChI is InChI=1S/C23H26N2O5/c1-24-22(28)17-8-14(21(27)25-19-10-15(19)11-29-2)9-18-20(17)30-13-23(18,12-26)16-6-4-3-5-7-16/h3-9,15,19,26H,10-13H2,1-2H3,(H,24,28)(H,25,27)/t15-,19+,23-/m1/s1. The maximum atomic E-state index is 13.0. The zero-order valence-electron chi connectivity index (χ0n) is 17.1. The molecule has 4 rings (SSSR count). The number of nitrogens with one attached hydrogen (secondary N) is 2. The van der Waals surface area contributed by atoms with E-state index in [1.807, 2.05) is 30.3 Å². The Labute approximate surface area is 175 Å². The summed E-state index contributed by atoms with van der Waals surface area (Å²) in [5.41, 5.74) is 1.33. The first-order valence-corrected chi connectivity index (χ1v) is 10.0. The van der Waals surface area contributed by atoms with E-state index in [2.05, 4.69) is 10.6 Å². The summed E-state index contributed by atoms with van der Waals surface area (Å²) in [5.74, 6) is 0.133. The van der Waals surface area contributed by atoms with Gasteiger partial charge in [0.1, 0.15) is 12.4 Å². The average Bonchev–Trinajstić information content (AvgIpc) is 3.39. The van der Waals surface area contributed by atoms with Crippen LogP contribution in [0.4, 0.5) is 0 Å². The van der Waals surface area contributed by atoms with Gasteiger partial charge in [0.15, 0.2) is 0 Å². The topological polar surface area (TPSA) is 96.9 Å². The van der Waals surface area contributed by atoms with Crippen molar-refractivity contribution >= 4 is 11.8 Å². The van der Waals surface area contributed by atoms with Gasteiger partial charge in [0.05, 0.1) is 24.2 Å². The highest BCUT2D eigenvalue weighted by molar-refractivity contribution is 6.02. The van der Waals surface area contributed by atoms with E-state index in [1.165, 1.54) is 7.05 Å². The van der Waals surface area contributed by atoms with Crippen molar-refractivity contribution < 1.29 is 24.2 Å². The van der Waals surface area contributed by atoms with Crippen LogP contribution in [0.3, 0.4) is 0 Å². The molecule has 7 heteroatoms. The monoisotopic (exact) mass is 410 g/mol. The van der Waals surface area contributed by atoms with Crippen LogP contribution >= 0.6 is 0 Å². The van der Waals surface area contributed by atoms with E-state index in [0.29, 0.717) is 29.4 Å². The molecule has 3 atom stereocenters. The van der Waals surface area contributed by atoms with Gasteiger partial charge < -0.3 is 25.2 Å². The van der Waals surface area contributed by atoms with Crippen molar-refractivity contribution in [1.29, 1.82) is 0 Å². The molecule has 30 heavy (non-hydrogen) atoms. The van der Waals surface area contributed by atoms with Crippen molar-refractivity contribution in [3.63, 3.8) is 0 Å². The smallest absolute Gasteiger partial charge is 0.254 e. The number of hydrogen-bond acceptors (Lipinski definition) is 5. The lowest BCUT2D eigenvalue weighted by atomic mass is 9.76. The van der Waals surface area contributed by atoms with Gasteiger partial charge >= 0.3 is 0 Å². The first kappa shape index (κ1) is 20.4. The number of aliphatic hydroxyl groups is 1. The molecule has 2 amide bonds. The highest BCUT2D eigenvalue weighted by atomic mass is 16.5. The molecular formula is C23H26N2O5. The van der Waals surface area contributed by atoms with E-state index in [1.54, 1.807) is 19.2 Å². The predicted molar refractivity (Wildman–Crippen MR) is 111 cm³/mol. The normalized spacial score (nSPS) is 24.0. The Morgan fingerprint density at radius 2 is 2.00 bits per heavy atom. The molecule has 1 heterocycles. The van der Waals surface area contributed by atoms with Crippen LogP contribution in [-0.4, -0.2) is 56.9 Å². The minimum Gasteiger partial charge on any atom is -0.491 e. The molecule has 0 unspecified atom stereocenters. The van der Waals surface area contributed by atoms with Crippen LogP contribution in [0.2, 0.25) is 0 Å². The number of carbonyl (C=O) groups is 2. The number of amides is 2. The molecule has 1 fully saturated rings. The van der Waals surface area contributed by atoms with Crippen molar-refractivity contribution in [3.05, 3.63) is 64.7 Å².